The fraction of sp³-hybridized carbons (Fsp3) is 0.158. The third kappa shape index (κ3) is 3.84. The summed E-state index contributed by atoms with van der Waals surface area (Å²) in [6, 6.07) is 11.5. The van der Waals surface area contributed by atoms with Gasteiger partial charge in [0, 0.05) is 11.6 Å². The van der Waals surface area contributed by atoms with E-state index in [0.717, 1.165) is 11.1 Å². The minimum absolute atomic E-state index is 0.0346. The van der Waals surface area contributed by atoms with E-state index in [4.69, 9.17) is 23.8 Å². The van der Waals surface area contributed by atoms with Crippen LogP contribution in [0.4, 0.5) is 5.69 Å². The van der Waals surface area contributed by atoms with Crippen LogP contribution in [0.25, 0.3) is 5.70 Å². The molecule has 0 amide bonds. The number of carbonyl (C=O) groups is 1. The molecule has 6 nitrogen and oxygen atoms in total. The average molecular weight is 402 g/mol. The van der Waals surface area contributed by atoms with Crippen molar-refractivity contribution in [3.63, 3.8) is 0 Å². The van der Waals surface area contributed by atoms with E-state index in [9.17, 15) is 14.9 Å². The van der Waals surface area contributed by atoms with Gasteiger partial charge in [0.05, 0.1) is 16.7 Å². The van der Waals surface area contributed by atoms with Gasteiger partial charge in [-0.05, 0) is 43.3 Å². The highest BCUT2D eigenvalue weighted by Crippen LogP contribution is 2.35. The van der Waals surface area contributed by atoms with Gasteiger partial charge in [0.15, 0.2) is 10.9 Å². The summed E-state index contributed by atoms with van der Waals surface area (Å²) >= 11 is 11.2. The zero-order chi connectivity index (χ0) is 19.7. The Kier molecular flexibility index (Phi) is 5.25. The van der Waals surface area contributed by atoms with Gasteiger partial charge in [0.1, 0.15) is 5.02 Å². The third-order valence-corrected chi connectivity index (χ3v) is 4.83. The molecule has 0 fully saturated rings. The molecule has 27 heavy (non-hydrogen) atoms. The quantitative estimate of drug-likeness (QED) is 0.456. The normalized spacial score (nSPS) is 16.6. The van der Waals surface area contributed by atoms with Crippen LogP contribution in [0.3, 0.4) is 0 Å². The summed E-state index contributed by atoms with van der Waals surface area (Å²) < 4.78 is 0. The zero-order valence-electron chi connectivity index (χ0n) is 14.6. The highest BCUT2D eigenvalue weighted by Gasteiger charge is 2.31. The van der Waals surface area contributed by atoms with Gasteiger partial charge in [-0.15, -0.1) is 0 Å². The average Bonchev–Trinajstić information content (AvgIpc) is 2.61. The third-order valence-electron chi connectivity index (χ3n) is 4.29. The SMILES string of the molecule is CC(=O)C1=C(c2ccc(C)cc2)NC(=S)N[C@H]1c1ccc(Cl)c([N+](=O)[O-])c1. The van der Waals surface area contributed by atoms with Crippen LogP contribution in [0.5, 0.6) is 0 Å². The Bertz CT molecular complexity index is 986. The molecule has 8 heteroatoms. The van der Waals surface area contributed by atoms with Crippen molar-refractivity contribution in [3.8, 4) is 0 Å². The van der Waals surface area contributed by atoms with E-state index in [1.54, 1.807) is 6.07 Å². The van der Waals surface area contributed by atoms with Crippen LogP contribution in [0, 0.1) is 17.0 Å². The summed E-state index contributed by atoms with van der Waals surface area (Å²) in [5, 5.41) is 17.7. The number of Topliss-reactive ketones (excluding diaryl/α,β-unsaturated/α-hetero) is 1. The van der Waals surface area contributed by atoms with Crippen molar-refractivity contribution in [2.24, 2.45) is 0 Å². The first-order valence-corrected chi connectivity index (χ1v) is 8.90. The lowest BCUT2D eigenvalue weighted by Crippen LogP contribution is -2.44. The number of rotatable bonds is 4. The molecular weight excluding hydrogens is 386 g/mol. The van der Waals surface area contributed by atoms with Crippen LogP contribution in [0.15, 0.2) is 48.0 Å². The molecule has 0 saturated carbocycles. The topological polar surface area (TPSA) is 84.3 Å². The predicted molar refractivity (Wildman–Crippen MR) is 108 cm³/mol. The number of nitro benzene ring substituents is 1. The maximum Gasteiger partial charge on any atom is 0.288 e. The molecule has 0 bridgehead atoms. The first kappa shape index (κ1) is 19.0. The Balaban J connectivity index is 2.19. The summed E-state index contributed by atoms with van der Waals surface area (Å²) in [5.74, 6) is -0.171. The van der Waals surface area contributed by atoms with Gasteiger partial charge in [-0.3, -0.25) is 14.9 Å². The summed E-state index contributed by atoms with van der Waals surface area (Å²) in [6.07, 6.45) is 0. The second kappa shape index (κ2) is 7.46. The second-order valence-electron chi connectivity index (χ2n) is 6.21. The number of nitro groups is 1. The monoisotopic (exact) mass is 401 g/mol. The lowest BCUT2D eigenvalue weighted by molar-refractivity contribution is -0.384. The summed E-state index contributed by atoms with van der Waals surface area (Å²) in [5.41, 5.74) is 3.25. The van der Waals surface area contributed by atoms with Gasteiger partial charge in [-0.25, -0.2) is 0 Å². The number of hydrogen-bond acceptors (Lipinski definition) is 4. The van der Waals surface area contributed by atoms with Crippen molar-refractivity contribution in [2.75, 3.05) is 0 Å². The number of thiocarbonyl (C=S) groups is 1. The summed E-state index contributed by atoms with van der Waals surface area (Å²) in [6.45, 7) is 3.43. The van der Waals surface area contributed by atoms with Gasteiger partial charge >= 0.3 is 0 Å². The first-order chi connectivity index (χ1) is 12.8. The second-order valence-corrected chi connectivity index (χ2v) is 7.03. The maximum atomic E-state index is 12.5. The van der Waals surface area contributed by atoms with Crippen LogP contribution in [0.1, 0.15) is 29.7 Å². The molecule has 0 saturated heterocycles. The van der Waals surface area contributed by atoms with Crippen molar-refractivity contribution in [3.05, 3.63) is 79.9 Å². The van der Waals surface area contributed by atoms with Gasteiger partial charge in [-0.2, -0.15) is 0 Å². The number of carbonyl (C=O) groups excluding carboxylic acids is 1. The van der Waals surface area contributed by atoms with Crippen molar-refractivity contribution in [1.82, 2.24) is 10.6 Å². The lowest BCUT2D eigenvalue weighted by Gasteiger charge is -2.31. The number of benzene rings is 2. The van der Waals surface area contributed by atoms with E-state index in [0.29, 0.717) is 21.9 Å². The largest absolute Gasteiger partial charge is 0.351 e. The Hall–Kier alpha value is -2.77. The molecule has 1 heterocycles. The molecule has 0 aromatic heterocycles. The number of hydrogen-bond donors (Lipinski definition) is 2. The molecule has 3 rings (SSSR count). The minimum Gasteiger partial charge on any atom is -0.351 e. The standard InChI is InChI=1S/C19H16ClN3O3S/c1-10-3-5-12(6-4-10)17-16(11(2)24)18(22-19(27)21-17)13-7-8-14(20)15(9-13)23(25)26/h3-9,18H,1-2H3,(H2,21,22,27)/t18-/m0/s1. The van der Waals surface area contributed by atoms with E-state index < -0.39 is 11.0 Å². The van der Waals surface area contributed by atoms with Gasteiger partial charge < -0.3 is 10.6 Å². The van der Waals surface area contributed by atoms with Crippen molar-refractivity contribution in [1.29, 1.82) is 0 Å². The van der Waals surface area contributed by atoms with Crippen molar-refractivity contribution >= 4 is 46.1 Å². The van der Waals surface area contributed by atoms with Crippen LogP contribution in [-0.2, 0) is 4.79 Å². The highest BCUT2D eigenvalue weighted by molar-refractivity contribution is 7.80. The number of halogens is 1. The molecule has 0 spiro atoms. The van der Waals surface area contributed by atoms with Crippen molar-refractivity contribution < 1.29 is 9.72 Å². The summed E-state index contributed by atoms with van der Waals surface area (Å²) in [7, 11) is 0. The Morgan fingerprint density at radius 2 is 1.89 bits per heavy atom. The highest BCUT2D eigenvalue weighted by atomic mass is 35.5. The van der Waals surface area contributed by atoms with Crippen LogP contribution in [0.2, 0.25) is 5.02 Å². The van der Waals surface area contributed by atoms with E-state index >= 15 is 0 Å². The molecule has 1 atom stereocenters. The Labute approximate surface area is 166 Å². The lowest BCUT2D eigenvalue weighted by atomic mass is 9.90. The number of nitrogens with zero attached hydrogens (tertiary/aromatic N) is 1. The van der Waals surface area contributed by atoms with Crippen LogP contribution >= 0.6 is 23.8 Å². The van der Waals surface area contributed by atoms with Gasteiger partial charge in [-0.1, -0.05) is 47.5 Å². The summed E-state index contributed by atoms with van der Waals surface area (Å²) in [4.78, 5) is 23.2. The fourth-order valence-corrected chi connectivity index (χ4v) is 3.40. The first-order valence-electron chi connectivity index (χ1n) is 8.11. The van der Waals surface area contributed by atoms with E-state index in [-0.39, 0.29) is 16.5 Å². The van der Waals surface area contributed by atoms with E-state index in [1.807, 2.05) is 31.2 Å². The van der Waals surface area contributed by atoms with Gasteiger partial charge in [0.25, 0.3) is 5.69 Å². The van der Waals surface area contributed by atoms with Crippen LogP contribution < -0.4 is 10.6 Å². The smallest absolute Gasteiger partial charge is 0.288 e. The molecule has 2 N–H and O–H groups in total. The number of ketones is 1. The van der Waals surface area contributed by atoms with Gasteiger partial charge in [0.2, 0.25) is 0 Å². The number of aryl methyl sites for hydroxylation is 1. The Morgan fingerprint density at radius 3 is 2.48 bits per heavy atom. The molecule has 1 aliphatic heterocycles. The fourth-order valence-electron chi connectivity index (χ4n) is 2.99. The van der Waals surface area contributed by atoms with Crippen molar-refractivity contribution in [2.45, 2.75) is 19.9 Å². The molecular formula is C19H16ClN3O3S. The molecule has 138 valence electrons. The molecule has 0 aliphatic carbocycles. The zero-order valence-corrected chi connectivity index (χ0v) is 16.1. The molecule has 0 radical (unpaired) electrons. The number of nitrogens with one attached hydrogen (secondary N) is 2. The maximum absolute atomic E-state index is 12.5. The van der Waals surface area contributed by atoms with E-state index in [2.05, 4.69) is 10.6 Å². The Morgan fingerprint density at radius 1 is 1.22 bits per heavy atom. The van der Waals surface area contributed by atoms with E-state index in [1.165, 1.54) is 19.1 Å². The molecule has 1 aliphatic rings. The minimum atomic E-state index is -0.622. The predicted octanol–water partition coefficient (Wildman–Crippen LogP) is 4.08. The molecule has 0 unspecified atom stereocenters. The molecule has 2 aromatic rings. The van der Waals surface area contributed by atoms with Crippen LogP contribution in [-0.4, -0.2) is 15.8 Å². The molecule has 2 aromatic carbocycles.